The Labute approximate surface area is 239 Å². The zero-order valence-electron chi connectivity index (χ0n) is 22.3. The minimum Gasteiger partial charge on any atom is -0.493 e. The molecule has 0 aliphatic heterocycles. The number of amides is 2. The summed E-state index contributed by atoms with van der Waals surface area (Å²) in [5, 5.41) is 6.42. The number of esters is 1. The average molecular weight is 614 g/mol. The quantitative estimate of drug-likeness (QED) is 0.136. The fourth-order valence-corrected chi connectivity index (χ4v) is 3.66. The van der Waals surface area contributed by atoms with E-state index in [4.69, 9.17) is 23.7 Å². The third kappa shape index (κ3) is 7.96. The maximum Gasteiger partial charge on any atom is 0.343 e. The fourth-order valence-electron chi connectivity index (χ4n) is 3.40. The van der Waals surface area contributed by atoms with Crippen molar-refractivity contribution in [2.75, 3.05) is 34.5 Å². The van der Waals surface area contributed by atoms with Crippen LogP contribution in [0.3, 0.4) is 0 Å². The van der Waals surface area contributed by atoms with Crippen molar-refractivity contribution >= 4 is 39.9 Å². The summed E-state index contributed by atoms with van der Waals surface area (Å²) >= 11 is 3.33. The zero-order chi connectivity index (χ0) is 29.1. The van der Waals surface area contributed by atoms with Gasteiger partial charge in [-0.15, -0.1) is 0 Å². The molecular formula is C28H28BrN3O8. The van der Waals surface area contributed by atoms with E-state index in [1.807, 2.05) is 0 Å². The number of rotatable bonds is 12. The van der Waals surface area contributed by atoms with Crippen LogP contribution in [-0.4, -0.2) is 58.5 Å². The summed E-state index contributed by atoms with van der Waals surface area (Å²) in [6.45, 7) is 1.81. The smallest absolute Gasteiger partial charge is 0.343 e. The third-order valence-electron chi connectivity index (χ3n) is 5.29. The molecule has 0 saturated heterocycles. The van der Waals surface area contributed by atoms with Crippen molar-refractivity contribution < 1.29 is 38.1 Å². The molecule has 0 heterocycles. The molecule has 12 heteroatoms. The first-order valence-corrected chi connectivity index (χ1v) is 12.7. The van der Waals surface area contributed by atoms with Crippen LogP contribution in [0.25, 0.3) is 0 Å². The Balaban J connectivity index is 1.59. The summed E-state index contributed by atoms with van der Waals surface area (Å²) < 4.78 is 27.7. The molecule has 0 fully saturated rings. The number of ether oxygens (including phenoxy) is 5. The van der Waals surface area contributed by atoms with Crippen LogP contribution in [0.4, 0.5) is 0 Å². The van der Waals surface area contributed by atoms with Crippen LogP contribution in [0.5, 0.6) is 28.7 Å². The Morgan fingerprint density at radius 2 is 1.52 bits per heavy atom. The summed E-state index contributed by atoms with van der Waals surface area (Å²) in [6.07, 6.45) is 1.39. The molecule has 0 spiro atoms. The lowest BCUT2D eigenvalue weighted by molar-refractivity contribution is -0.120. The standard InChI is InChI=1S/C28H28BrN3O8/c1-5-39-22-12-17(6-11-21(22)40-28(35)18-7-9-20(29)10-8-18)15-31-32-25(33)16-30-27(34)19-13-23(36-2)26(38-4)24(14-19)37-3/h6-15H,5,16H2,1-4H3,(H,30,34)(H,32,33)/b31-15-. The van der Waals surface area contributed by atoms with Crippen molar-refractivity contribution in [2.45, 2.75) is 6.92 Å². The number of hydrogen-bond acceptors (Lipinski definition) is 9. The molecule has 40 heavy (non-hydrogen) atoms. The molecule has 11 nitrogen and oxygen atoms in total. The van der Waals surface area contributed by atoms with Crippen LogP contribution >= 0.6 is 15.9 Å². The van der Waals surface area contributed by atoms with Crippen LogP contribution in [0.15, 0.2) is 64.2 Å². The SMILES string of the molecule is CCOc1cc(/C=N\NC(=O)CNC(=O)c2cc(OC)c(OC)c(OC)c2)ccc1OC(=O)c1ccc(Br)cc1. The Bertz CT molecular complexity index is 1370. The van der Waals surface area contributed by atoms with Crippen LogP contribution in [0.2, 0.25) is 0 Å². The zero-order valence-corrected chi connectivity index (χ0v) is 23.9. The second-order valence-corrected chi connectivity index (χ2v) is 8.84. The number of benzene rings is 3. The third-order valence-corrected chi connectivity index (χ3v) is 5.82. The minimum atomic E-state index is -0.554. The maximum atomic E-state index is 12.6. The van der Waals surface area contributed by atoms with Crippen molar-refractivity contribution in [3.8, 4) is 28.7 Å². The molecule has 0 aliphatic carbocycles. The van der Waals surface area contributed by atoms with E-state index >= 15 is 0 Å². The van der Waals surface area contributed by atoms with Gasteiger partial charge in [-0.1, -0.05) is 15.9 Å². The second kappa shape index (κ2) is 14.5. The summed E-state index contributed by atoms with van der Waals surface area (Å²) in [7, 11) is 4.33. The van der Waals surface area contributed by atoms with Gasteiger partial charge < -0.3 is 29.0 Å². The number of nitrogens with zero attached hydrogens (tertiary/aromatic N) is 1. The van der Waals surface area contributed by atoms with E-state index in [1.54, 1.807) is 49.4 Å². The first-order chi connectivity index (χ1) is 19.3. The monoisotopic (exact) mass is 613 g/mol. The molecule has 3 rings (SSSR count). The summed E-state index contributed by atoms with van der Waals surface area (Å²) in [5.74, 6) is -0.0720. The van der Waals surface area contributed by atoms with Gasteiger partial charge in [0.25, 0.3) is 11.8 Å². The van der Waals surface area contributed by atoms with E-state index in [0.717, 1.165) is 4.47 Å². The average Bonchev–Trinajstić information content (AvgIpc) is 2.96. The summed E-state index contributed by atoms with van der Waals surface area (Å²) in [5.41, 5.74) is 3.52. The van der Waals surface area contributed by atoms with E-state index in [0.29, 0.717) is 40.7 Å². The van der Waals surface area contributed by atoms with Gasteiger partial charge in [0.2, 0.25) is 5.75 Å². The van der Waals surface area contributed by atoms with Gasteiger partial charge in [-0.2, -0.15) is 5.10 Å². The molecule has 2 N–H and O–H groups in total. The lowest BCUT2D eigenvalue weighted by Gasteiger charge is -2.14. The van der Waals surface area contributed by atoms with E-state index in [-0.39, 0.29) is 17.9 Å². The van der Waals surface area contributed by atoms with Gasteiger partial charge in [-0.05, 0) is 67.1 Å². The molecule has 0 bridgehead atoms. The topological polar surface area (TPSA) is 134 Å². The van der Waals surface area contributed by atoms with Gasteiger partial charge in [0.1, 0.15) is 0 Å². The second-order valence-electron chi connectivity index (χ2n) is 7.93. The molecule has 0 radical (unpaired) electrons. The number of hydrazone groups is 1. The van der Waals surface area contributed by atoms with Gasteiger partial charge >= 0.3 is 5.97 Å². The predicted octanol–water partition coefficient (Wildman–Crippen LogP) is 3.97. The Morgan fingerprint density at radius 3 is 2.12 bits per heavy atom. The molecule has 0 aromatic heterocycles. The minimum absolute atomic E-state index is 0.218. The lowest BCUT2D eigenvalue weighted by atomic mass is 10.1. The number of hydrogen-bond donors (Lipinski definition) is 2. The van der Waals surface area contributed by atoms with Crippen LogP contribution in [0, 0.1) is 0 Å². The molecule has 3 aromatic rings. The molecule has 3 aromatic carbocycles. The van der Waals surface area contributed by atoms with Crippen molar-refractivity contribution in [1.29, 1.82) is 0 Å². The largest absolute Gasteiger partial charge is 0.493 e. The Hall–Kier alpha value is -4.58. The summed E-state index contributed by atoms with van der Waals surface area (Å²) in [4.78, 5) is 37.3. The van der Waals surface area contributed by atoms with Crippen molar-refractivity contribution in [3.05, 3.63) is 75.8 Å². The molecule has 210 valence electrons. The van der Waals surface area contributed by atoms with Crippen LogP contribution in [0.1, 0.15) is 33.2 Å². The highest BCUT2D eigenvalue weighted by Gasteiger charge is 2.17. The van der Waals surface area contributed by atoms with Gasteiger partial charge in [0.15, 0.2) is 23.0 Å². The number of carbonyl (C=O) groups excluding carboxylic acids is 3. The van der Waals surface area contributed by atoms with Crippen molar-refractivity contribution in [3.63, 3.8) is 0 Å². The van der Waals surface area contributed by atoms with Crippen LogP contribution in [-0.2, 0) is 4.79 Å². The highest BCUT2D eigenvalue weighted by atomic mass is 79.9. The number of nitrogens with one attached hydrogen (secondary N) is 2. The molecule has 2 amide bonds. The number of halogens is 1. The predicted molar refractivity (Wildman–Crippen MR) is 151 cm³/mol. The Kier molecular flexibility index (Phi) is 10.9. The molecule has 0 unspecified atom stereocenters. The first kappa shape index (κ1) is 30.0. The highest BCUT2D eigenvalue weighted by molar-refractivity contribution is 9.10. The number of carbonyl (C=O) groups is 3. The van der Waals surface area contributed by atoms with Gasteiger partial charge in [0.05, 0.1) is 46.3 Å². The lowest BCUT2D eigenvalue weighted by Crippen LogP contribution is -2.34. The summed E-state index contributed by atoms with van der Waals surface area (Å²) in [6, 6.07) is 14.6. The van der Waals surface area contributed by atoms with Gasteiger partial charge in [-0.3, -0.25) is 9.59 Å². The van der Waals surface area contributed by atoms with Crippen molar-refractivity contribution in [2.24, 2.45) is 5.10 Å². The first-order valence-electron chi connectivity index (χ1n) is 11.9. The van der Waals surface area contributed by atoms with Crippen LogP contribution < -0.4 is 34.4 Å². The number of methoxy groups -OCH3 is 3. The normalized spacial score (nSPS) is 10.5. The van der Waals surface area contributed by atoms with Gasteiger partial charge in [-0.25, -0.2) is 10.2 Å². The molecule has 0 atom stereocenters. The van der Waals surface area contributed by atoms with E-state index in [1.165, 1.54) is 39.7 Å². The fraction of sp³-hybridized carbons (Fsp3) is 0.214. The van der Waals surface area contributed by atoms with E-state index < -0.39 is 17.8 Å². The Morgan fingerprint density at radius 1 is 0.850 bits per heavy atom. The molecule has 0 aliphatic rings. The van der Waals surface area contributed by atoms with Crippen molar-refractivity contribution in [1.82, 2.24) is 10.7 Å². The molecule has 0 saturated carbocycles. The highest BCUT2D eigenvalue weighted by Crippen LogP contribution is 2.38. The maximum absolute atomic E-state index is 12.6. The van der Waals surface area contributed by atoms with Gasteiger partial charge in [0, 0.05) is 10.0 Å². The van der Waals surface area contributed by atoms with E-state index in [2.05, 4.69) is 31.8 Å². The molecular weight excluding hydrogens is 586 g/mol. The van der Waals surface area contributed by atoms with E-state index in [9.17, 15) is 14.4 Å².